The maximum atomic E-state index is 15.4. The summed E-state index contributed by atoms with van der Waals surface area (Å²) in [5.41, 5.74) is 11.2. The fraction of sp³-hybridized carbons (Fsp3) is 0.351. The van der Waals surface area contributed by atoms with Crippen molar-refractivity contribution in [1.82, 2.24) is 25.1 Å². The topological polar surface area (TPSA) is 247 Å². The van der Waals surface area contributed by atoms with Crippen LogP contribution in [0.3, 0.4) is 0 Å². The summed E-state index contributed by atoms with van der Waals surface area (Å²) in [5.74, 6) is -4.61. The Hall–Kier alpha value is -5.57. The molecule has 0 bridgehead atoms. The number of nitrogens with two attached hydrogens (primary N) is 2. The predicted molar refractivity (Wildman–Crippen MR) is 212 cm³/mol. The number of pyridine rings is 1. The number of carboxylic acids is 2. The van der Waals surface area contributed by atoms with Crippen LogP contribution in [-0.2, 0) is 37.1 Å². The van der Waals surface area contributed by atoms with Crippen molar-refractivity contribution in [3.8, 4) is 0 Å². The average molecular weight is 853 g/mol. The number of benzene rings is 1. The van der Waals surface area contributed by atoms with Crippen molar-refractivity contribution in [3.63, 3.8) is 0 Å². The van der Waals surface area contributed by atoms with E-state index in [1.54, 1.807) is 22.9 Å². The number of nitrogen functional groups attached to an aromatic ring is 1. The highest BCUT2D eigenvalue weighted by molar-refractivity contribution is 8.00. The summed E-state index contributed by atoms with van der Waals surface area (Å²) in [5, 5.41) is 31.6. The number of thioether (sulfide) groups is 1. The number of carbonyl (C=O) groups is 4. The van der Waals surface area contributed by atoms with E-state index in [-0.39, 0.29) is 45.7 Å². The second-order valence-electron chi connectivity index (χ2n) is 14.3. The SMILES string of the molecule is CC(C)(O/N=C(\C(=O)N[C@@H]1C(=O)N2C(C(=O)[O-])=C(C[n+]3ccc4ccn(Cc5ccc(C(N)=NC6CCCNC6)cc5F)c4c3)CS[C@H]12)c1nc(N)sc1Cl)C(=O)O. The largest absolute Gasteiger partial charge is 0.543 e. The molecule has 0 spiro atoms. The molecule has 1 unspecified atom stereocenters. The number of fused-ring (bicyclic) bond motifs is 2. The molecule has 2 fully saturated rings. The van der Waals surface area contributed by atoms with Crippen molar-refractivity contribution in [1.29, 1.82) is 0 Å². The van der Waals surface area contributed by atoms with Gasteiger partial charge in [-0.1, -0.05) is 40.2 Å². The van der Waals surface area contributed by atoms with E-state index in [0.29, 0.717) is 22.5 Å². The lowest BCUT2D eigenvalue weighted by Gasteiger charge is -2.50. The molecule has 3 aromatic heterocycles. The first-order valence-corrected chi connectivity index (χ1v) is 20.3. The van der Waals surface area contributed by atoms with Crippen molar-refractivity contribution >= 4 is 86.0 Å². The normalized spacial score (nSPS) is 20.2. The van der Waals surface area contributed by atoms with Crippen LogP contribution in [0.15, 0.2) is 70.3 Å². The van der Waals surface area contributed by atoms with Gasteiger partial charge < -0.3 is 46.5 Å². The molecule has 0 aliphatic carbocycles. The molecule has 3 atom stereocenters. The van der Waals surface area contributed by atoms with E-state index in [2.05, 4.69) is 25.8 Å². The highest BCUT2D eigenvalue weighted by Gasteiger charge is 2.53. The highest BCUT2D eigenvalue weighted by atomic mass is 35.5. The Morgan fingerprint density at radius 3 is 2.74 bits per heavy atom. The molecule has 0 saturated carbocycles. The number of aromatic nitrogens is 3. The minimum atomic E-state index is -1.85. The number of nitrogens with one attached hydrogen (secondary N) is 2. The number of nitrogens with zero attached hydrogens (tertiary/aromatic N) is 6. The maximum absolute atomic E-state index is 15.4. The number of hydrogen-bond acceptors (Lipinski definition) is 13. The van der Waals surface area contributed by atoms with Crippen LogP contribution in [-0.4, -0.2) is 96.8 Å². The average Bonchev–Trinajstić information content (AvgIpc) is 3.74. The maximum Gasteiger partial charge on any atom is 0.350 e. The molecular formula is C37H38ClFN10O7S2. The standard InChI is InChI=1S/C37H38ClFN10O7S2/c1-37(2,35(54)55)56-46-26(25-29(38)58-36(41)45-25)31(50)44-27-32(51)49-28(34(52)53)21(17-57-33(27)49)14-47-10-7-18-8-11-48(24(18)16-47)15-20-6-5-19(12-23(20)39)30(40)43-22-4-3-9-42-13-22/h5-8,10-12,16,22,27,33,42H,3-4,9,13-15,17H2,1-2H3,(H6-,40,41,43,44,45,50,52,53,54,55)/b46-26-/t22?,27-,33-/m1/s1. The Kier molecular flexibility index (Phi) is 11.5. The monoisotopic (exact) mass is 852 g/mol. The van der Waals surface area contributed by atoms with Crippen LogP contribution >= 0.6 is 34.7 Å². The molecular weight excluding hydrogens is 815 g/mol. The van der Waals surface area contributed by atoms with Crippen LogP contribution in [0.25, 0.3) is 10.9 Å². The number of hydrogen-bond donors (Lipinski definition) is 5. The number of rotatable bonds is 13. The van der Waals surface area contributed by atoms with Crippen LogP contribution in [0.5, 0.6) is 0 Å². The van der Waals surface area contributed by atoms with E-state index < -0.39 is 52.3 Å². The second-order valence-corrected chi connectivity index (χ2v) is 17.1. The Morgan fingerprint density at radius 2 is 2.07 bits per heavy atom. The number of carbonyl (C=O) groups excluding carboxylic acids is 3. The quantitative estimate of drug-likeness (QED) is 0.0415. The van der Waals surface area contributed by atoms with E-state index >= 15 is 4.39 Å². The summed E-state index contributed by atoms with van der Waals surface area (Å²) in [6.45, 7) is 4.39. The van der Waals surface area contributed by atoms with Crippen LogP contribution in [0.1, 0.15) is 43.5 Å². The molecule has 4 aromatic rings. The Labute approximate surface area is 343 Å². The highest BCUT2D eigenvalue weighted by Crippen LogP contribution is 2.40. The summed E-state index contributed by atoms with van der Waals surface area (Å²) in [6.07, 6.45) is 7.35. The van der Waals surface area contributed by atoms with Crippen molar-refractivity contribution in [3.05, 3.63) is 87.2 Å². The van der Waals surface area contributed by atoms with Gasteiger partial charge in [-0.2, -0.15) is 4.57 Å². The zero-order valence-electron chi connectivity index (χ0n) is 31.1. The number of amides is 2. The second kappa shape index (κ2) is 16.4. The van der Waals surface area contributed by atoms with Gasteiger partial charge in [-0.05, 0) is 45.4 Å². The van der Waals surface area contributed by atoms with Crippen LogP contribution in [0.4, 0.5) is 9.52 Å². The number of aliphatic carboxylic acids is 2. The van der Waals surface area contributed by atoms with Crippen molar-refractivity contribution in [2.75, 3.05) is 24.6 Å². The molecule has 2 saturated heterocycles. The van der Waals surface area contributed by atoms with Crippen molar-refractivity contribution in [2.45, 2.75) is 62.8 Å². The minimum absolute atomic E-state index is 0.00740. The molecule has 0 radical (unpaired) electrons. The summed E-state index contributed by atoms with van der Waals surface area (Å²) in [6, 6.07) is 7.43. The lowest BCUT2D eigenvalue weighted by Crippen LogP contribution is -2.71. The Balaban J connectivity index is 1.07. The summed E-state index contributed by atoms with van der Waals surface area (Å²) in [7, 11) is 0. The van der Waals surface area contributed by atoms with Crippen LogP contribution < -0.4 is 31.8 Å². The summed E-state index contributed by atoms with van der Waals surface area (Å²) >= 11 is 8.30. The van der Waals surface area contributed by atoms with Gasteiger partial charge in [0.05, 0.1) is 24.3 Å². The lowest BCUT2D eigenvalue weighted by molar-refractivity contribution is -0.687. The fourth-order valence-electron chi connectivity index (χ4n) is 6.71. The molecule has 3 aliphatic rings. The molecule has 7 rings (SSSR count). The van der Waals surface area contributed by atoms with Crippen molar-refractivity contribution < 1.29 is 43.2 Å². The molecule has 2 amide bonds. The van der Waals surface area contributed by atoms with Crippen molar-refractivity contribution in [2.24, 2.45) is 15.9 Å². The van der Waals surface area contributed by atoms with E-state index in [9.17, 15) is 29.4 Å². The van der Waals surface area contributed by atoms with Gasteiger partial charge in [-0.15, -0.1) is 11.8 Å². The molecule has 58 heavy (non-hydrogen) atoms. The number of β-lactam (4-membered cyclic amide) rings is 1. The first-order chi connectivity index (χ1) is 27.6. The smallest absolute Gasteiger partial charge is 0.350 e. The van der Waals surface area contributed by atoms with Gasteiger partial charge in [0.25, 0.3) is 11.8 Å². The molecule has 7 N–H and O–H groups in total. The number of anilines is 1. The Bertz CT molecular complexity index is 2430. The number of piperidine rings is 1. The number of thiazole rings is 1. The van der Waals surface area contributed by atoms with E-state index in [0.717, 1.165) is 53.1 Å². The van der Waals surface area contributed by atoms with Gasteiger partial charge in [0.2, 0.25) is 5.60 Å². The van der Waals surface area contributed by atoms with E-state index in [1.807, 2.05) is 29.1 Å². The molecule has 17 nitrogen and oxygen atoms in total. The number of oxime groups is 1. The molecule has 304 valence electrons. The van der Waals surface area contributed by atoms with E-state index in [4.69, 9.17) is 27.9 Å². The molecule has 3 aliphatic heterocycles. The first-order valence-electron chi connectivity index (χ1n) is 18.0. The van der Waals surface area contributed by atoms with Gasteiger partial charge in [0.15, 0.2) is 29.8 Å². The lowest BCUT2D eigenvalue weighted by atomic mass is 10.0. The summed E-state index contributed by atoms with van der Waals surface area (Å²) in [4.78, 5) is 66.0. The molecule has 6 heterocycles. The predicted octanol–water partition coefficient (Wildman–Crippen LogP) is 0.954. The summed E-state index contributed by atoms with van der Waals surface area (Å²) < 4.78 is 19.0. The third-order valence-corrected chi connectivity index (χ3v) is 12.3. The zero-order chi connectivity index (χ0) is 41.5. The number of amidine groups is 1. The fourth-order valence-corrected chi connectivity index (χ4v) is 8.98. The van der Waals surface area contributed by atoms with Crippen LogP contribution in [0, 0.1) is 5.82 Å². The van der Waals surface area contributed by atoms with Gasteiger partial charge >= 0.3 is 5.97 Å². The molecule has 1 aromatic carbocycles. The number of halogens is 2. The molecule has 21 heteroatoms. The zero-order valence-corrected chi connectivity index (χ0v) is 33.5. The minimum Gasteiger partial charge on any atom is -0.543 e. The van der Waals surface area contributed by atoms with Gasteiger partial charge in [-0.3, -0.25) is 19.5 Å². The third kappa shape index (κ3) is 8.22. The van der Waals surface area contributed by atoms with Gasteiger partial charge in [-0.25, -0.2) is 14.2 Å². The Morgan fingerprint density at radius 1 is 1.28 bits per heavy atom. The van der Waals surface area contributed by atoms with Crippen LogP contribution in [0.2, 0.25) is 4.34 Å². The third-order valence-electron chi connectivity index (χ3n) is 9.88. The van der Waals surface area contributed by atoms with E-state index in [1.165, 1.54) is 31.7 Å². The number of aliphatic imine (C=N–C) groups is 1. The first kappa shape index (κ1) is 40.6. The van der Waals surface area contributed by atoms with Gasteiger partial charge in [0, 0.05) is 46.6 Å². The number of carboxylic acid groups (broad SMARTS) is 2. The van der Waals surface area contributed by atoms with Gasteiger partial charge in [0.1, 0.15) is 38.6 Å².